The zero-order chi connectivity index (χ0) is 16.6. The number of hydrogen-bond donors (Lipinski definition) is 1. The lowest BCUT2D eigenvalue weighted by Crippen LogP contribution is -2.24. The summed E-state index contributed by atoms with van der Waals surface area (Å²) in [5, 5.41) is 3.66. The molecule has 122 valence electrons. The minimum atomic E-state index is -3.18. The number of thiazole rings is 1. The topological polar surface area (TPSA) is 79.4 Å². The highest BCUT2D eigenvalue weighted by Crippen LogP contribution is 2.26. The predicted molar refractivity (Wildman–Crippen MR) is 91.7 cm³/mol. The molecule has 1 aromatic carbocycles. The van der Waals surface area contributed by atoms with Gasteiger partial charge in [0.2, 0.25) is 10.0 Å². The molecule has 1 N–H and O–H groups in total. The average Bonchev–Trinajstić information content (AvgIpc) is 3.01. The van der Waals surface area contributed by atoms with Crippen molar-refractivity contribution < 1.29 is 13.2 Å². The van der Waals surface area contributed by atoms with E-state index < -0.39 is 10.0 Å². The second-order valence-corrected chi connectivity index (χ2v) is 8.61. The number of amides is 1. The van der Waals surface area contributed by atoms with Crippen LogP contribution in [0.1, 0.15) is 26.8 Å². The maximum Gasteiger partial charge on any atom is 0.267 e. The van der Waals surface area contributed by atoms with Crippen LogP contribution in [0.4, 0.5) is 11.4 Å². The van der Waals surface area contributed by atoms with Crippen LogP contribution in [0.25, 0.3) is 0 Å². The van der Waals surface area contributed by atoms with E-state index in [0.717, 1.165) is 5.01 Å². The van der Waals surface area contributed by atoms with E-state index in [4.69, 9.17) is 0 Å². The van der Waals surface area contributed by atoms with Crippen LogP contribution in [0.5, 0.6) is 0 Å². The quantitative estimate of drug-likeness (QED) is 0.922. The fourth-order valence-corrected chi connectivity index (χ4v) is 4.95. The molecular formula is C15H17N3O3S2. The number of carbonyl (C=O) groups excluding carboxylic acids is 1. The molecule has 1 fully saturated rings. The summed E-state index contributed by atoms with van der Waals surface area (Å²) >= 11 is 1.35. The molecule has 0 spiro atoms. The van der Waals surface area contributed by atoms with Crippen molar-refractivity contribution in [1.82, 2.24) is 4.98 Å². The fraction of sp³-hybridized carbons (Fsp3) is 0.333. The lowest BCUT2D eigenvalue weighted by Gasteiger charge is -2.17. The highest BCUT2D eigenvalue weighted by atomic mass is 32.2. The van der Waals surface area contributed by atoms with Crippen LogP contribution < -0.4 is 9.62 Å². The van der Waals surface area contributed by atoms with Crippen LogP contribution in [-0.2, 0) is 10.0 Å². The molecule has 2 heterocycles. The SMILES string of the molecule is Cc1nc(C)c(C(=O)Nc2ccc(N3CCCS3(=O)=O)cc2)s1. The number of carbonyl (C=O) groups is 1. The number of hydrogen-bond acceptors (Lipinski definition) is 5. The van der Waals surface area contributed by atoms with Crippen molar-refractivity contribution >= 4 is 38.6 Å². The first-order valence-corrected chi connectivity index (χ1v) is 9.65. The minimum Gasteiger partial charge on any atom is -0.321 e. The second kappa shape index (κ2) is 5.93. The van der Waals surface area contributed by atoms with Gasteiger partial charge in [-0.3, -0.25) is 9.10 Å². The van der Waals surface area contributed by atoms with Crippen LogP contribution in [0, 0.1) is 13.8 Å². The molecule has 0 aliphatic carbocycles. The lowest BCUT2D eigenvalue weighted by molar-refractivity contribution is 0.103. The number of anilines is 2. The fourth-order valence-electron chi connectivity index (χ4n) is 2.57. The van der Waals surface area contributed by atoms with Gasteiger partial charge in [-0.25, -0.2) is 13.4 Å². The molecule has 1 amide bonds. The number of aryl methyl sites for hydroxylation is 2. The van der Waals surface area contributed by atoms with Gasteiger partial charge in [0.05, 0.1) is 22.1 Å². The summed E-state index contributed by atoms with van der Waals surface area (Å²) in [5.74, 6) is -0.00943. The molecule has 0 radical (unpaired) electrons. The maximum absolute atomic E-state index is 12.2. The normalized spacial score (nSPS) is 16.5. The Kier molecular flexibility index (Phi) is 4.11. The third-order valence-corrected chi connectivity index (χ3v) is 6.56. The molecule has 1 saturated heterocycles. The molecule has 0 unspecified atom stereocenters. The van der Waals surface area contributed by atoms with Crippen molar-refractivity contribution in [1.29, 1.82) is 0 Å². The molecular weight excluding hydrogens is 334 g/mol. The second-order valence-electron chi connectivity index (χ2n) is 5.39. The first-order chi connectivity index (χ1) is 10.9. The van der Waals surface area contributed by atoms with E-state index in [0.29, 0.717) is 34.9 Å². The third kappa shape index (κ3) is 3.23. The van der Waals surface area contributed by atoms with E-state index in [1.165, 1.54) is 15.6 Å². The molecule has 1 aliphatic heterocycles. The third-order valence-electron chi connectivity index (χ3n) is 3.62. The van der Waals surface area contributed by atoms with E-state index >= 15 is 0 Å². The van der Waals surface area contributed by atoms with Crippen molar-refractivity contribution in [2.75, 3.05) is 21.9 Å². The number of benzene rings is 1. The Morgan fingerprint density at radius 3 is 2.48 bits per heavy atom. The van der Waals surface area contributed by atoms with E-state index in [9.17, 15) is 13.2 Å². The summed E-state index contributed by atoms with van der Waals surface area (Å²) in [6.07, 6.45) is 0.644. The van der Waals surface area contributed by atoms with Gasteiger partial charge in [-0.15, -0.1) is 11.3 Å². The number of rotatable bonds is 3. The monoisotopic (exact) mass is 351 g/mol. The van der Waals surface area contributed by atoms with Gasteiger partial charge in [0.1, 0.15) is 4.88 Å². The summed E-state index contributed by atoms with van der Waals surface area (Å²) in [6, 6.07) is 6.85. The first-order valence-electron chi connectivity index (χ1n) is 7.23. The van der Waals surface area contributed by atoms with Crippen LogP contribution >= 0.6 is 11.3 Å². The summed E-state index contributed by atoms with van der Waals surface area (Å²) in [7, 11) is -3.18. The predicted octanol–water partition coefficient (Wildman–Crippen LogP) is 2.55. The van der Waals surface area contributed by atoms with Gasteiger partial charge in [-0.2, -0.15) is 0 Å². The minimum absolute atomic E-state index is 0.190. The van der Waals surface area contributed by atoms with Crippen LogP contribution in [0.15, 0.2) is 24.3 Å². The summed E-state index contributed by atoms with van der Waals surface area (Å²) in [4.78, 5) is 17.1. The zero-order valence-corrected chi connectivity index (χ0v) is 14.5. The van der Waals surface area contributed by atoms with Gasteiger partial charge >= 0.3 is 0 Å². The molecule has 1 aromatic heterocycles. The van der Waals surface area contributed by atoms with Crippen molar-refractivity contribution in [3.8, 4) is 0 Å². The largest absolute Gasteiger partial charge is 0.321 e. The Morgan fingerprint density at radius 2 is 1.96 bits per heavy atom. The molecule has 0 saturated carbocycles. The maximum atomic E-state index is 12.2. The smallest absolute Gasteiger partial charge is 0.267 e. The Labute approximate surface area is 139 Å². The zero-order valence-electron chi connectivity index (χ0n) is 12.9. The van der Waals surface area contributed by atoms with E-state index in [2.05, 4.69) is 10.3 Å². The summed E-state index contributed by atoms with van der Waals surface area (Å²) in [6.45, 7) is 4.17. The Hall–Kier alpha value is -1.93. The molecule has 0 atom stereocenters. The number of sulfonamides is 1. The number of nitrogens with one attached hydrogen (secondary N) is 1. The highest BCUT2D eigenvalue weighted by molar-refractivity contribution is 7.93. The van der Waals surface area contributed by atoms with Gasteiger partial charge in [0, 0.05) is 12.2 Å². The highest BCUT2D eigenvalue weighted by Gasteiger charge is 2.28. The van der Waals surface area contributed by atoms with Crippen LogP contribution in [0.3, 0.4) is 0 Å². The standard InChI is InChI=1S/C15H17N3O3S2/c1-10-14(22-11(2)16-10)15(19)17-12-4-6-13(7-5-12)18-8-3-9-23(18,20)21/h4-7H,3,8-9H2,1-2H3,(H,17,19). The molecule has 6 nitrogen and oxygen atoms in total. The van der Waals surface area contributed by atoms with Gasteiger partial charge < -0.3 is 5.32 Å². The molecule has 0 bridgehead atoms. The van der Waals surface area contributed by atoms with Crippen LogP contribution in [-0.4, -0.2) is 31.6 Å². The van der Waals surface area contributed by atoms with Gasteiger partial charge in [-0.1, -0.05) is 0 Å². The number of aromatic nitrogens is 1. The Morgan fingerprint density at radius 1 is 1.26 bits per heavy atom. The molecule has 23 heavy (non-hydrogen) atoms. The van der Waals surface area contributed by atoms with E-state index in [1.54, 1.807) is 31.2 Å². The molecule has 2 aromatic rings. The van der Waals surface area contributed by atoms with Crippen molar-refractivity contribution in [3.63, 3.8) is 0 Å². The number of nitrogens with zero attached hydrogens (tertiary/aromatic N) is 2. The van der Waals surface area contributed by atoms with E-state index in [-0.39, 0.29) is 11.7 Å². The Bertz CT molecular complexity index is 841. The average molecular weight is 351 g/mol. The lowest BCUT2D eigenvalue weighted by atomic mass is 10.2. The van der Waals surface area contributed by atoms with Crippen molar-refractivity contribution in [2.24, 2.45) is 0 Å². The molecule has 8 heteroatoms. The van der Waals surface area contributed by atoms with Gasteiger partial charge in [0.15, 0.2) is 0 Å². The Balaban J connectivity index is 1.75. The van der Waals surface area contributed by atoms with Crippen molar-refractivity contribution in [3.05, 3.63) is 39.8 Å². The van der Waals surface area contributed by atoms with Gasteiger partial charge in [0.25, 0.3) is 5.91 Å². The van der Waals surface area contributed by atoms with E-state index in [1.807, 2.05) is 6.92 Å². The van der Waals surface area contributed by atoms with Gasteiger partial charge in [-0.05, 0) is 44.5 Å². The summed E-state index contributed by atoms with van der Waals surface area (Å²) < 4.78 is 25.2. The molecule has 1 aliphatic rings. The van der Waals surface area contributed by atoms with Crippen LogP contribution in [0.2, 0.25) is 0 Å². The molecule has 3 rings (SSSR count). The first kappa shape index (κ1) is 15.9. The summed E-state index contributed by atoms with van der Waals surface area (Å²) in [5.41, 5.74) is 1.97. The van der Waals surface area contributed by atoms with Crippen molar-refractivity contribution in [2.45, 2.75) is 20.3 Å².